The predicted molar refractivity (Wildman–Crippen MR) is 146 cm³/mol. The van der Waals surface area contributed by atoms with Crippen LogP contribution in [0.5, 0.6) is 0 Å². The first-order chi connectivity index (χ1) is 18.9. The highest BCUT2D eigenvalue weighted by atomic mass is 16.4. The van der Waals surface area contributed by atoms with Gasteiger partial charge in [0.1, 0.15) is 24.2 Å². The van der Waals surface area contributed by atoms with Crippen LogP contribution in [0, 0.1) is 17.8 Å². The Morgan fingerprint density at radius 2 is 1.20 bits per heavy atom. The van der Waals surface area contributed by atoms with Gasteiger partial charge in [-0.3, -0.25) is 28.8 Å². The molecule has 0 aromatic carbocycles. The van der Waals surface area contributed by atoms with Gasteiger partial charge in [-0.25, -0.2) is 4.79 Å². The SMILES string of the molecule is CCC(C)C(NC(=O)C(N)CCC(=O)O)C(=O)NC(CC(C)C)C(=O)NC(CC(=O)O)C(=O)NC(C(=O)O)C(C)C. The molecule has 15 nitrogen and oxygen atoms in total. The Morgan fingerprint density at radius 3 is 1.63 bits per heavy atom. The van der Waals surface area contributed by atoms with Gasteiger partial charge in [0.15, 0.2) is 0 Å². The Kier molecular flexibility index (Phi) is 16.2. The Labute approximate surface area is 239 Å². The first-order valence-electron chi connectivity index (χ1n) is 13.5. The molecule has 0 saturated carbocycles. The smallest absolute Gasteiger partial charge is 0.326 e. The summed E-state index contributed by atoms with van der Waals surface area (Å²) in [4.78, 5) is 85.6. The lowest BCUT2D eigenvalue weighted by molar-refractivity contribution is -0.144. The summed E-state index contributed by atoms with van der Waals surface area (Å²) in [5.74, 6) is -8.35. The molecule has 6 unspecified atom stereocenters. The molecule has 15 heteroatoms. The zero-order valence-electron chi connectivity index (χ0n) is 24.4. The number of nitrogens with one attached hydrogen (secondary N) is 4. The quantitative estimate of drug-likeness (QED) is 0.0949. The number of hydrogen-bond acceptors (Lipinski definition) is 8. The lowest BCUT2D eigenvalue weighted by Gasteiger charge is -2.29. The highest BCUT2D eigenvalue weighted by Crippen LogP contribution is 2.12. The minimum absolute atomic E-state index is 0.0853. The molecule has 0 rings (SSSR count). The fourth-order valence-electron chi connectivity index (χ4n) is 3.76. The van der Waals surface area contributed by atoms with Gasteiger partial charge in [0.2, 0.25) is 23.6 Å². The fraction of sp³-hybridized carbons (Fsp3) is 0.731. The van der Waals surface area contributed by atoms with Crippen LogP contribution >= 0.6 is 0 Å². The molecule has 41 heavy (non-hydrogen) atoms. The van der Waals surface area contributed by atoms with Gasteiger partial charge in [0.05, 0.1) is 12.5 Å². The average Bonchev–Trinajstić information content (AvgIpc) is 2.86. The van der Waals surface area contributed by atoms with Crippen molar-refractivity contribution in [3.8, 4) is 0 Å². The summed E-state index contributed by atoms with van der Waals surface area (Å²) in [6, 6.07) is -6.52. The molecule has 4 amide bonds. The average molecular weight is 588 g/mol. The van der Waals surface area contributed by atoms with E-state index in [-0.39, 0.29) is 25.2 Å². The second-order valence-electron chi connectivity index (χ2n) is 10.8. The molecule has 234 valence electrons. The third-order valence-electron chi connectivity index (χ3n) is 6.38. The normalized spacial score (nSPS) is 15.5. The van der Waals surface area contributed by atoms with Crippen LogP contribution in [0.15, 0.2) is 0 Å². The predicted octanol–water partition coefficient (Wildman–Crippen LogP) is -0.575. The molecule has 0 aliphatic rings. The third-order valence-corrected chi connectivity index (χ3v) is 6.38. The number of carboxylic acids is 3. The Balaban J connectivity index is 5.89. The number of rotatable bonds is 19. The summed E-state index contributed by atoms with van der Waals surface area (Å²) in [6.07, 6.45) is -0.806. The van der Waals surface area contributed by atoms with Crippen LogP contribution in [0.1, 0.15) is 73.6 Å². The van der Waals surface area contributed by atoms with Crippen molar-refractivity contribution in [2.24, 2.45) is 23.5 Å². The minimum Gasteiger partial charge on any atom is -0.481 e. The van der Waals surface area contributed by atoms with E-state index in [9.17, 15) is 43.8 Å². The number of carbonyl (C=O) groups excluding carboxylic acids is 4. The van der Waals surface area contributed by atoms with E-state index in [1.165, 1.54) is 0 Å². The molecule has 0 heterocycles. The summed E-state index contributed by atoms with van der Waals surface area (Å²) in [6.45, 7) is 10.1. The van der Waals surface area contributed by atoms with Crippen LogP contribution in [0.3, 0.4) is 0 Å². The van der Waals surface area contributed by atoms with Gasteiger partial charge in [0.25, 0.3) is 0 Å². The highest BCUT2D eigenvalue weighted by molar-refractivity contribution is 5.96. The van der Waals surface area contributed by atoms with Crippen LogP contribution in [-0.2, 0) is 33.6 Å². The molecule has 0 bridgehead atoms. The van der Waals surface area contributed by atoms with Crippen molar-refractivity contribution in [2.45, 2.75) is 104 Å². The molecule has 0 aliphatic carbocycles. The van der Waals surface area contributed by atoms with E-state index in [1.54, 1.807) is 41.5 Å². The molecular weight excluding hydrogens is 542 g/mol. The number of carboxylic acid groups (broad SMARTS) is 3. The number of nitrogens with two attached hydrogens (primary N) is 1. The maximum Gasteiger partial charge on any atom is 0.326 e. The molecule has 9 N–H and O–H groups in total. The summed E-state index contributed by atoms with van der Waals surface area (Å²) >= 11 is 0. The van der Waals surface area contributed by atoms with E-state index in [1.807, 2.05) is 0 Å². The summed E-state index contributed by atoms with van der Waals surface area (Å²) < 4.78 is 0. The number of amides is 4. The zero-order chi connectivity index (χ0) is 32.0. The van der Waals surface area contributed by atoms with Crippen LogP contribution < -0.4 is 27.0 Å². The maximum atomic E-state index is 13.3. The van der Waals surface area contributed by atoms with Crippen molar-refractivity contribution < 1.29 is 48.9 Å². The molecule has 6 atom stereocenters. The van der Waals surface area contributed by atoms with Gasteiger partial charge in [-0.05, 0) is 30.6 Å². The van der Waals surface area contributed by atoms with Crippen molar-refractivity contribution in [3.05, 3.63) is 0 Å². The standard InChI is InChI=1S/C26H45N5O10/c1-7-14(6)21(31-22(36)15(27)8-9-18(32)33)25(39)29-16(10-12(2)3)23(37)28-17(11-19(34)35)24(38)30-20(13(4)5)26(40)41/h12-17,20-21H,7-11,27H2,1-6H3,(H,28,37)(H,29,39)(H,30,38)(H,31,36)(H,32,33)(H,34,35)(H,40,41). The van der Waals surface area contributed by atoms with Crippen LogP contribution in [0.25, 0.3) is 0 Å². The van der Waals surface area contributed by atoms with Crippen LogP contribution in [0.4, 0.5) is 0 Å². The summed E-state index contributed by atoms with van der Waals surface area (Å²) in [7, 11) is 0. The van der Waals surface area contributed by atoms with E-state index in [0.29, 0.717) is 6.42 Å². The molecule has 0 radical (unpaired) electrons. The maximum absolute atomic E-state index is 13.3. The summed E-state index contributed by atoms with van der Waals surface area (Å²) in [5.41, 5.74) is 5.77. The highest BCUT2D eigenvalue weighted by Gasteiger charge is 2.34. The van der Waals surface area contributed by atoms with Crippen LogP contribution in [-0.4, -0.2) is 87.1 Å². The van der Waals surface area contributed by atoms with E-state index >= 15 is 0 Å². The number of hydrogen-bond donors (Lipinski definition) is 8. The third kappa shape index (κ3) is 13.9. The first kappa shape index (κ1) is 37.2. The van der Waals surface area contributed by atoms with E-state index in [0.717, 1.165) is 0 Å². The van der Waals surface area contributed by atoms with Crippen molar-refractivity contribution in [3.63, 3.8) is 0 Å². The summed E-state index contributed by atoms with van der Waals surface area (Å²) in [5, 5.41) is 37.1. The van der Waals surface area contributed by atoms with Crippen molar-refractivity contribution in [1.29, 1.82) is 0 Å². The van der Waals surface area contributed by atoms with Crippen molar-refractivity contribution >= 4 is 41.5 Å². The zero-order valence-corrected chi connectivity index (χ0v) is 24.4. The van der Waals surface area contributed by atoms with Crippen molar-refractivity contribution in [1.82, 2.24) is 21.3 Å². The van der Waals surface area contributed by atoms with Crippen LogP contribution in [0.2, 0.25) is 0 Å². The molecule has 0 aliphatic heterocycles. The second-order valence-corrected chi connectivity index (χ2v) is 10.8. The second kappa shape index (κ2) is 17.8. The Bertz CT molecular complexity index is 955. The molecule has 0 saturated heterocycles. The lowest BCUT2D eigenvalue weighted by Crippen LogP contribution is -2.60. The van der Waals surface area contributed by atoms with Gasteiger partial charge in [0, 0.05) is 6.42 Å². The molecular formula is C26H45N5O10. The number of aliphatic carboxylic acids is 3. The number of carbonyl (C=O) groups is 7. The first-order valence-corrected chi connectivity index (χ1v) is 13.5. The fourth-order valence-corrected chi connectivity index (χ4v) is 3.76. The Hall–Kier alpha value is -3.75. The van der Waals surface area contributed by atoms with E-state index in [2.05, 4.69) is 21.3 Å². The van der Waals surface area contributed by atoms with E-state index in [4.69, 9.17) is 10.8 Å². The minimum atomic E-state index is -1.63. The van der Waals surface area contributed by atoms with Gasteiger partial charge in [-0.1, -0.05) is 48.0 Å². The molecule has 0 aromatic rings. The molecule has 0 fully saturated rings. The molecule has 0 spiro atoms. The van der Waals surface area contributed by atoms with Gasteiger partial charge >= 0.3 is 17.9 Å². The largest absolute Gasteiger partial charge is 0.481 e. The topological polar surface area (TPSA) is 254 Å². The Morgan fingerprint density at radius 1 is 0.683 bits per heavy atom. The monoisotopic (exact) mass is 587 g/mol. The van der Waals surface area contributed by atoms with Gasteiger partial charge in [-0.2, -0.15) is 0 Å². The van der Waals surface area contributed by atoms with Gasteiger partial charge < -0.3 is 42.3 Å². The van der Waals surface area contributed by atoms with Gasteiger partial charge in [-0.15, -0.1) is 0 Å². The van der Waals surface area contributed by atoms with E-state index < -0.39 is 90.0 Å². The molecule has 0 aromatic heterocycles. The van der Waals surface area contributed by atoms with Crippen molar-refractivity contribution in [2.75, 3.05) is 0 Å². The lowest BCUT2D eigenvalue weighted by atomic mass is 9.96.